The number of ether oxygens (including phenoxy) is 4. The molecule has 0 aliphatic heterocycles. The van der Waals surface area contributed by atoms with Crippen LogP contribution in [-0.2, 0) is 28.5 Å². The molecule has 0 saturated heterocycles. The molecule has 0 saturated carbocycles. The SMILES string of the molecule is COC(=O)[C@@H](N)CCC(=O)NCCOCCOCCNC(=O)OC(C)(C)C. The van der Waals surface area contributed by atoms with Crippen LogP contribution < -0.4 is 16.4 Å². The molecule has 0 fully saturated rings. The third kappa shape index (κ3) is 16.0. The molecule has 0 radical (unpaired) electrons. The van der Waals surface area contributed by atoms with Crippen LogP contribution in [0.25, 0.3) is 0 Å². The average Bonchev–Trinajstić information content (AvgIpc) is 2.58. The third-order valence-corrected chi connectivity index (χ3v) is 3.04. The standard InChI is InChI=1S/C17H33N3O7/c1-17(2,3)27-16(23)20-8-10-26-12-11-25-9-7-19-14(21)6-5-13(18)15(22)24-4/h13H,5-12,18H2,1-4H3,(H,19,21)(H,20,23)/t13-/m0/s1. The summed E-state index contributed by atoms with van der Waals surface area (Å²) >= 11 is 0. The number of amides is 2. The molecule has 4 N–H and O–H groups in total. The van der Waals surface area contributed by atoms with Crippen molar-refractivity contribution in [2.75, 3.05) is 46.6 Å². The van der Waals surface area contributed by atoms with Gasteiger partial charge in [-0.3, -0.25) is 9.59 Å². The lowest BCUT2D eigenvalue weighted by Crippen LogP contribution is -2.34. The Morgan fingerprint density at radius 1 is 0.963 bits per heavy atom. The minimum Gasteiger partial charge on any atom is -0.468 e. The van der Waals surface area contributed by atoms with Gasteiger partial charge in [0.25, 0.3) is 0 Å². The van der Waals surface area contributed by atoms with Crippen molar-refractivity contribution in [3.05, 3.63) is 0 Å². The molecule has 0 bridgehead atoms. The van der Waals surface area contributed by atoms with Crippen LogP contribution in [0.5, 0.6) is 0 Å². The van der Waals surface area contributed by atoms with E-state index in [2.05, 4.69) is 15.4 Å². The first kappa shape index (κ1) is 25.1. The first-order chi connectivity index (χ1) is 12.7. The molecule has 158 valence electrons. The summed E-state index contributed by atoms with van der Waals surface area (Å²) in [4.78, 5) is 34.0. The Labute approximate surface area is 160 Å². The van der Waals surface area contributed by atoms with Gasteiger partial charge in [0.1, 0.15) is 11.6 Å². The number of hydrogen-bond acceptors (Lipinski definition) is 8. The van der Waals surface area contributed by atoms with Crippen molar-refractivity contribution in [3.63, 3.8) is 0 Å². The van der Waals surface area contributed by atoms with Crippen LogP contribution in [0.3, 0.4) is 0 Å². The smallest absolute Gasteiger partial charge is 0.407 e. The second-order valence-corrected chi connectivity index (χ2v) is 6.67. The second kappa shape index (κ2) is 14.2. The van der Waals surface area contributed by atoms with Crippen molar-refractivity contribution in [1.82, 2.24) is 10.6 Å². The normalized spacial score (nSPS) is 12.2. The van der Waals surface area contributed by atoms with Crippen molar-refractivity contribution >= 4 is 18.0 Å². The number of alkyl carbamates (subject to hydrolysis) is 1. The fraction of sp³-hybridized carbons (Fsp3) is 0.824. The molecular weight excluding hydrogens is 358 g/mol. The molecule has 0 aliphatic rings. The first-order valence-electron chi connectivity index (χ1n) is 8.88. The lowest BCUT2D eigenvalue weighted by atomic mass is 10.1. The molecule has 0 aromatic rings. The van der Waals surface area contributed by atoms with Gasteiger partial charge in [-0.1, -0.05) is 0 Å². The van der Waals surface area contributed by atoms with Gasteiger partial charge in [0, 0.05) is 19.5 Å². The van der Waals surface area contributed by atoms with Gasteiger partial charge in [-0.25, -0.2) is 4.79 Å². The van der Waals surface area contributed by atoms with E-state index in [4.69, 9.17) is 19.9 Å². The molecule has 0 aromatic heterocycles. The fourth-order valence-electron chi connectivity index (χ4n) is 1.77. The van der Waals surface area contributed by atoms with Crippen molar-refractivity contribution < 1.29 is 33.3 Å². The molecule has 10 nitrogen and oxygen atoms in total. The highest BCUT2D eigenvalue weighted by Gasteiger charge is 2.16. The molecule has 0 aliphatic carbocycles. The zero-order chi connectivity index (χ0) is 20.7. The summed E-state index contributed by atoms with van der Waals surface area (Å²) in [6.07, 6.45) is -0.111. The van der Waals surface area contributed by atoms with Crippen LogP contribution in [-0.4, -0.2) is 76.2 Å². The largest absolute Gasteiger partial charge is 0.468 e. The lowest BCUT2D eigenvalue weighted by Gasteiger charge is -2.19. The summed E-state index contributed by atoms with van der Waals surface area (Å²) in [6.45, 7) is 7.51. The minimum absolute atomic E-state index is 0.143. The van der Waals surface area contributed by atoms with Crippen LogP contribution in [0, 0.1) is 0 Å². The lowest BCUT2D eigenvalue weighted by molar-refractivity contribution is -0.142. The Morgan fingerprint density at radius 3 is 2.04 bits per heavy atom. The highest BCUT2D eigenvalue weighted by molar-refractivity contribution is 5.79. The van der Waals surface area contributed by atoms with E-state index in [1.165, 1.54) is 7.11 Å². The summed E-state index contributed by atoms with van der Waals surface area (Å²) < 4.78 is 20.2. The Bertz CT molecular complexity index is 452. The van der Waals surface area contributed by atoms with E-state index in [1.807, 2.05) is 0 Å². The van der Waals surface area contributed by atoms with Crippen LogP contribution >= 0.6 is 0 Å². The summed E-state index contributed by atoms with van der Waals surface area (Å²) in [6, 6.07) is -0.793. The quantitative estimate of drug-likeness (QED) is 0.293. The highest BCUT2D eigenvalue weighted by Crippen LogP contribution is 2.06. The Morgan fingerprint density at radius 2 is 1.52 bits per heavy atom. The topological polar surface area (TPSA) is 138 Å². The Kier molecular flexibility index (Phi) is 13.2. The van der Waals surface area contributed by atoms with Crippen LogP contribution in [0.2, 0.25) is 0 Å². The summed E-state index contributed by atoms with van der Waals surface area (Å²) in [5.41, 5.74) is 5.01. The van der Waals surface area contributed by atoms with E-state index >= 15 is 0 Å². The van der Waals surface area contributed by atoms with Gasteiger partial charge in [-0.15, -0.1) is 0 Å². The number of hydrogen-bond donors (Lipinski definition) is 3. The highest BCUT2D eigenvalue weighted by atomic mass is 16.6. The maximum absolute atomic E-state index is 11.6. The molecule has 0 heterocycles. The Balaban J connectivity index is 3.44. The number of rotatable bonds is 13. The zero-order valence-electron chi connectivity index (χ0n) is 16.7. The van der Waals surface area contributed by atoms with Gasteiger partial charge >= 0.3 is 12.1 Å². The summed E-state index contributed by atoms with van der Waals surface area (Å²) in [5.74, 6) is -0.741. The number of methoxy groups -OCH3 is 1. The molecule has 0 aromatic carbocycles. The zero-order valence-corrected chi connectivity index (χ0v) is 16.7. The number of nitrogens with two attached hydrogens (primary N) is 1. The van der Waals surface area contributed by atoms with E-state index < -0.39 is 23.7 Å². The van der Waals surface area contributed by atoms with Gasteiger partial charge in [0.2, 0.25) is 5.91 Å². The fourth-order valence-corrected chi connectivity index (χ4v) is 1.77. The van der Waals surface area contributed by atoms with Crippen molar-refractivity contribution in [1.29, 1.82) is 0 Å². The molecular formula is C17H33N3O7. The van der Waals surface area contributed by atoms with E-state index in [1.54, 1.807) is 20.8 Å². The summed E-state index contributed by atoms with van der Waals surface area (Å²) in [7, 11) is 1.25. The van der Waals surface area contributed by atoms with E-state index in [-0.39, 0.29) is 18.7 Å². The maximum Gasteiger partial charge on any atom is 0.407 e. The van der Waals surface area contributed by atoms with Gasteiger partial charge in [0.15, 0.2) is 0 Å². The van der Waals surface area contributed by atoms with E-state index in [0.29, 0.717) is 39.5 Å². The first-order valence-corrected chi connectivity index (χ1v) is 8.88. The van der Waals surface area contributed by atoms with Gasteiger partial charge in [0.05, 0.1) is 33.5 Å². The van der Waals surface area contributed by atoms with Crippen LogP contribution in [0.15, 0.2) is 0 Å². The van der Waals surface area contributed by atoms with Crippen molar-refractivity contribution in [2.45, 2.75) is 45.3 Å². The second-order valence-electron chi connectivity index (χ2n) is 6.67. The minimum atomic E-state index is -0.793. The molecule has 27 heavy (non-hydrogen) atoms. The monoisotopic (exact) mass is 391 g/mol. The molecule has 1 atom stereocenters. The van der Waals surface area contributed by atoms with Gasteiger partial charge in [-0.2, -0.15) is 0 Å². The number of carbonyl (C=O) groups is 3. The van der Waals surface area contributed by atoms with Crippen molar-refractivity contribution in [2.24, 2.45) is 5.73 Å². The number of nitrogens with one attached hydrogen (secondary N) is 2. The van der Waals surface area contributed by atoms with E-state index in [9.17, 15) is 14.4 Å². The molecule has 0 spiro atoms. The average molecular weight is 391 g/mol. The Hall–Kier alpha value is -1.91. The molecule has 2 amide bonds. The van der Waals surface area contributed by atoms with Gasteiger partial charge in [-0.05, 0) is 27.2 Å². The van der Waals surface area contributed by atoms with Crippen LogP contribution in [0.4, 0.5) is 4.79 Å². The van der Waals surface area contributed by atoms with Crippen LogP contribution in [0.1, 0.15) is 33.6 Å². The predicted molar refractivity (Wildman–Crippen MR) is 98.1 cm³/mol. The van der Waals surface area contributed by atoms with E-state index in [0.717, 1.165) is 0 Å². The third-order valence-electron chi connectivity index (χ3n) is 3.04. The number of esters is 1. The number of carbonyl (C=O) groups excluding carboxylic acids is 3. The molecule has 0 rings (SSSR count). The maximum atomic E-state index is 11.6. The van der Waals surface area contributed by atoms with Gasteiger partial charge < -0.3 is 35.3 Å². The summed E-state index contributed by atoms with van der Waals surface area (Å²) in [5, 5.41) is 5.24. The van der Waals surface area contributed by atoms with Crippen molar-refractivity contribution in [3.8, 4) is 0 Å². The molecule has 0 unspecified atom stereocenters. The molecule has 10 heteroatoms. The predicted octanol–water partition coefficient (Wildman–Crippen LogP) is -0.0590.